The lowest BCUT2D eigenvalue weighted by Crippen LogP contribution is -2.14. The minimum atomic E-state index is -4.52. The number of halogens is 3. The maximum atomic E-state index is 12.5. The normalized spacial score (nSPS) is 12.5. The summed E-state index contributed by atoms with van der Waals surface area (Å²) in [5.74, 6) is -1.78. The summed E-state index contributed by atoms with van der Waals surface area (Å²) in [7, 11) is 1.54. The minimum Gasteiger partial charge on any atom is -0.380 e. The Morgan fingerprint density at radius 1 is 1.25 bits per heavy atom. The molecule has 0 amide bonds. The highest BCUT2D eigenvalue weighted by Crippen LogP contribution is 2.29. The van der Waals surface area contributed by atoms with Crippen molar-refractivity contribution in [1.29, 1.82) is 5.26 Å². The topological polar surface area (TPSA) is 63.0 Å². The average molecular weight is 334 g/mol. The van der Waals surface area contributed by atoms with E-state index in [1.54, 1.807) is 37.4 Å². The third kappa shape index (κ3) is 3.97. The van der Waals surface area contributed by atoms with Crippen LogP contribution < -0.4 is 0 Å². The van der Waals surface area contributed by atoms with Crippen LogP contribution in [0.1, 0.15) is 33.1 Å². The van der Waals surface area contributed by atoms with E-state index >= 15 is 0 Å². The lowest BCUT2D eigenvalue weighted by molar-refractivity contribution is -0.137. The molecule has 7 heteroatoms. The Balaban J connectivity index is 2.24. The molecular weight excluding hydrogens is 321 g/mol. The summed E-state index contributed by atoms with van der Waals surface area (Å²) in [5, 5.41) is 9.23. The SMILES string of the molecule is COCc1ccc(C(=O)C(C#N)c2ccc(C(F)(F)F)cn2)cc1. The summed E-state index contributed by atoms with van der Waals surface area (Å²) in [6, 6.07) is 10.1. The van der Waals surface area contributed by atoms with Gasteiger partial charge in [-0.2, -0.15) is 18.4 Å². The molecule has 0 saturated heterocycles. The highest BCUT2D eigenvalue weighted by molar-refractivity contribution is 6.02. The Morgan fingerprint density at radius 3 is 2.38 bits per heavy atom. The number of nitrogens with zero attached hydrogens (tertiary/aromatic N) is 2. The molecule has 1 heterocycles. The first-order valence-electron chi connectivity index (χ1n) is 6.91. The number of benzene rings is 1. The van der Waals surface area contributed by atoms with Crippen LogP contribution in [0.5, 0.6) is 0 Å². The number of Topliss-reactive ketones (excluding diaryl/α,β-unsaturated/α-hetero) is 1. The van der Waals surface area contributed by atoms with Gasteiger partial charge in [-0.15, -0.1) is 0 Å². The second-order valence-electron chi connectivity index (χ2n) is 5.03. The Hall–Kier alpha value is -2.72. The van der Waals surface area contributed by atoms with Crippen LogP contribution in [0.25, 0.3) is 0 Å². The van der Waals surface area contributed by atoms with Crippen LogP contribution in [0.4, 0.5) is 13.2 Å². The van der Waals surface area contributed by atoms with Crippen molar-refractivity contribution in [2.24, 2.45) is 0 Å². The van der Waals surface area contributed by atoms with Crippen molar-refractivity contribution < 1.29 is 22.7 Å². The van der Waals surface area contributed by atoms with Gasteiger partial charge in [0, 0.05) is 18.9 Å². The van der Waals surface area contributed by atoms with Crippen LogP contribution in [-0.4, -0.2) is 17.9 Å². The number of rotatable bonds is 5. The molecule has 1 atom stereocenters. The summed E-state index contributed by atoms with van der Waals surface area (Å²) in [6.45, 7) is 0.386. The number of aromatic nitrogens is 1. The number of methoxy groups -OCH3 is 1. The highest BCUT2D eigenvalue weighted by atomic mass is 19.4. The molecule has 0 bridgehead atoms. The monoisotopic (exact) mass is 334 g/mol. The van der Waals surface area contributed by atoms with Gasteiger partial charge >= 0.3 is 6.18 Å². The minimum absolute atomic E-state index is 0.0172. The molecule has 0 spiro atoms. The van der Waals surface area contributed by atoms with Crippen LogP contribution in [-0.2, 0) is 17.5 Å². The summed E-state index contributed by atoms with van der Waals surface area (Å²) in [6.07, 6.45) is -3.90. The molecule has 0 aliphatic carbocycles. The molecule has 1 unspecified atom stereocenters. The number of carbonyl (C=O) groups excluding carboxylic acids is 1. The van der Waals surface area contributed by atoms with Crippen LogP contribution in [0, 0.1) is 11.3 Å². The maximum Gasteiger partial charge on any atom is 0.417 e. The van der Waals surface area contributed by atoms with Crippen LogP contribution >= 0.6 is 0 Å². The Labute approximate surface area is 136 Å². The fourth-order valence-electron chi connectivity index (χ4n) is 2.10. The molecule has 0 fully saturated rings. The second kappa shape index (κ2) is 7.23. The Bertz CT molecular complexity index is 747. The van der Waals surface area contributed by atoms with Crippen molar-refractivity contribution in [3.8, 4) is 6.07 Å². The first-order valence-corrected chi connectivity index (χ1v) is 6.91. The molecule has 124 valence electrons. The maximum absolute atomic E-state index is 12.5. The number of ketones is 1. The smallest absolute Gasteiger partial charge is 0.380 e. The van der Waals surface area contributed by atoms with Crippen molar-refractivity contribution in [2.45, 2.75) is 18.7 Å². The number of carbonyl (C=O) groups is 1. The van der Waals surface area contributed by atoms with Gasteiger partial charge in [-0.05, 0) is 17.7 Å². The average Bonchev–Trinajstić information content (AvgIpc) is 2.56. The molecular formula is C17H13F3N2O2. The molecule has 0 N–H and O–H groups in total. The van der Waals surface area contributed by atoms with E-state index in [2.05, 4.69) is 4.98 Å². The summed E-state index contributed by atoms with van der Waals surface area (Å²) < 4.78 is 42.6. The van der Waals surface area contributed by atoms with E-state index in [1.165, 1.54) is 0 Å². The predicted molar refractivity (Wildman–Crippen MR) is 79.1 cm³/mol. The van der Waals surface area contributed by atoms with E-state index in [-0.39, 0.29) is 11.3 Å². The molecule has 2 aromatic rings. The van der Waals surface area contributed by atoms with Crippen molar-refractivity contribution in [1.82, 2.24) is 4.98 Å². The molecule has 0 saturated carbocycles. The summed E-state index contributed by atoms with van der Waals surface area (Å²) in [4.78, 5) is 16.0. The van der Waals surface area contributed by atoms with E-state index in [1.807, 2.05) is 0 Å². The number of hydrogen-bond acceptors (Lipinski definition) is 4. The quantitative estimate of drug-likeness (QED) is 0.782. The number of pyridine rings is 1. The summed E-state index contributed by atoms with van der Waals surface area (Å²) >= 11 is 0. The lowest BCUT2D eigenvalue weighted by Gasteiger charge is -2.10. The lowest BCUT2D eigenvalue weighted by atomic mass is 9.94. The Kier molecular flexibility index (Phi) is 5.31. The van der Waals surface area contributed by atoms with Gasteiger partial charge in [0.15, 0.2) is 11.7 Å². The van der Waals surface area contributed by atoms with Gasteiger partial charge < -0.3 is 4.74 Å². The molecule has 4 nitrogen and oxygen atoms in total. The molecule has 0 aliphatic rings. The van der Waals surface area contributed by atoms with Crippen molar-refractivity contribution in [3.05, 3.63) is 65.0 Å². The largest absolute Gasteiger partial charge is 0.417 e. The summed E-state index contributed by atoms with van der Waals surface area (Å²) in [5.41, 5.74) is 0.189. The first kappa shape index (κ1) is 17.6. The van der Waals surface area contributed by atoms with Crippen LogP contribution in [0.15, 0.2) is 42.6 Å². The van der Waals surface area contributed by atoms with Gasteiger partial charge in [-0.3, -0.25) is 9.78 Å². The zero-order valence-electron chi connectivity index (χ0n) is 12.7. The zero-order chi connectivity index (χ0) is 17.7. The molecule has 1 aromatic heterocycles. The van der Waals surface area contributed by atoms with Gasteiger partial charge in [0.25, 0.3) is 0 Å². The molecule has 0 aliphatic heterocycles. The van der Waals surface area contributed by atoms with Gasteiger partial charge in [-0.1, -0.05) is 24.3 Å². The van der Waals surface area contributed by atoms with Gasteiger partial charge in [0.2, 0.25) is 0 Å². The standard InChI is InChI=1S/C17H13F3N2O2/c1-24-10-11-2-4-12(5-3-11)16(23)14(8-21)15-7-6-13(9-22-15)17(18,19)20/h2-7,9,14H,10H2,1H3. The number of hydrogen-bond donors (Lipinski definition) is 0. The highest BCUT2D eigenvalue weighted by Gasteiger charge is 2.31. The first-order chi connectivity index (χ1) is 11.4. The Morgan fingerprint density at radius 2 is 1.92 bits per heavy atom. The third-order valence-electron chi connectivity index (χ3n) is 3.35. The number of ether oxygens (including phenoxy) is 1. The van der Waals surface area contributed by atoms with Crippen LogP contribution in [0.2, 0.25) is 0 Å². The predicted octanol–water partition coefficient (Wildman–Crippen LogP) is 3.74. The molecule has 24 heavy (non-hydrogen) atoms. The fourth-order valence-corrected chi connectivity index (χ4v) is 2.10. The van der Waals surface area contributed by atoms with Crippen molar-refractivity contribution >= 4 is 5.78 Å². The van der Waals surface area contributed by atoms with Gasteiger partial charge in [0.05, 0.1) is 23.9 Å². The van der Waals surface area contributed by atoms with Gasteiger partial charge in [0.1, 0.15) is 0 Å². The molecule has 2 rings (SSSR count). The van der Waals surface area contributed by atoms with E-state index in [0.717, 1.165) is 17.7 Å². The number of nitriles is 1. The van der Waals surface area contributed by atoms with Crippen molar-refractivity contribution in [2.75, 3.05) is 7.11 Å². The van der Waals surface area contributed by atoms with E-state index < -0.39 is 23.4 Å². The third-order valence-corrected chi connectivity index (χ3v) is 3.35. The second-order valence-corrected chi connectivity index (χ2v) is 5.03. The van der Waals surface area contributed by atoms with Gasteiger partial charge in [-0.25, -0.2) is 0 Å². The zero-order valence-corrected chi connectivity index (χ0v) is 12.7. The number of alkyl halides is 3. The fraction of sp³-hybridized carbons (Fsp3) is 0.235. The molecule has 0 radical (unpaired) electrons. The van der Waals surface area contributed by atoms with E-state index in [4.69, 9.17) is 4.74 Å². The van der Waals surface area contributed by atoms with E-state index in [0.29, 0.717) is 12.8 Å². The molecule has 1 aromatic carbocycles. The van der Waals surface area contributed by atoms with E-state index in [9.17, 15) is 23.2 Å². The van der Waals surface area contributed by atoms with Crippen LogP contribution in [0.3, 0.4) is 0 Å². The van der Waals surface area contributed by atoms with Crippen molar-refractivity contribution in [3.63, 3.8) is 0 Å².